The van der Waals surface area contributed by atoms with Crippen LogP contribution in [0.5, 0.6) is 0 Å². The lowest BCUT2D eigenvalue weighted by molar-refractivity contribution is -0.170. The second-order valence-corrected chi connectivity index (χ2v) is 11.6. The summed E-state index contributed by atoms with van der Waals surface area (Å²) in [5.74, 6) is -3.38. The Kier molecular flexibility index (Phi) is 12.6. The van der Waals surface area contributed by atoms with Crippen molar-refractivity contribution in [1.29, 1.82) is 0 Å². The highest BCUT2D eigenvalue weighted by Crippen LogP contribution is 2.39. The van der Waals surface area contributed by atoms with Gasteiger partial charge >= 0.3 is 24.2 Å². The molecular weight excluding hydrogens is 654 g/mol. The van der Waals surface area contributed by atoms with E-state index in [2.05, 4.69) is 38.9 Å². The Hall–Kier alpha value is -4.63. The summed E-state index contributed by atoms with van der Waals surface area (Å²) in [6, 6.07) is 11.6. The third-order valence-corrected chi connectivity index (χ3v) is 8.07. The number of para-hydroxylation sites is 2. The van der Waals surface area contributed by atoms with Crippen LogP contribution in [0.25, 0.3) is 0 Å². The smallest absolute Gasteiger partial charge is 0.368 e. The molecule has 0 saturated carbocycles. The van der Waals surface area contributed by atoms with Gasteiger partial charge in [0.05, 0.1) is 28.4 Å². The molecule has 1 N–H and O–H groups in total. The van der Waals surface area contributed by atoms with Gasteiger partial charge in [-0.15, -0.1) is 10.2 Å². The third-order valence-electron chi connectivity index (χ3n) is 8.07. The number of anilines is 4. The minimum Gasteiger partial charge on any atom is -0.368 e. The number of fused-ring (bicyclic) bond motifs is 2. The van der Waals surface area contributed by atoms with E-state index in [4.69, 9.17) is 0 Å². The van der Waals surface area contributed by atoms with Crippen molar-refractivity contribution < 1.29 is 35.9 Å². The van der Waals surface area contributed by atoms with Gasteiger partial charge in [-0.25, -0.2) is 4.98 Å². The molecule has 3 aromatic rings. The first-order chi connectivity index (χ1) is 23.3. The summed E-state index contributed by atoms with van der Waals surface area (Å²) in [7, 11) is 0. The maximum Gasteiger partial charge on any atom is 0.471 e. The van der Waals surface area contributed by atoms with Gasteiger partial charge in [0.25, 0.3) is 0 Å². The van der Waals surface area contributed by atoms with Crippen molar-refractivity contribution in [3.05, 3.63) is 54.9 Å². The number of halogens is 6. The van der Waals surface area contributed by atoms with Gasteiger partial charge in [-0.1, -0.05) is 51.7 Å². The summed E-state index contributed by atoms with van der Waals surface area (Å²) in [5.41, 5.74) is 2.18. The molecule has 0 radical (unpaired) electrons. The molecule has 3 heterocycles. The normalized spacial score (nSPS) is 14.8. The molecule has 0 unspecified atom stereocenters. The fourth-order valence-corrected chi connectivity index (χ4v) is 5.66. The van der Waals surface area contributed by atoms with E-state index in [1.807, 2.05) is 4.90 Å². The fourth-order valence-electron chi connectivity index (χ4n) is 5.66. The van der Waals surface area contributed by atoms with E-state index in [1.165, 1.54) is 12.3 Å². The Morgan fingerprint density at radius 2 is 1.24 bits per heavy atom. The predicted octanol–water partition coefficient (Wildman–Crippen LogP) is 8.32. The molecule has 5 rings (SSSR count). The predicted molar refractivity (Wildman–Crippen MR) is 176 cm³/mol. The Morgan fingerprint density at radius 3 is 1.76 bits per heavy atom. The molecule has 0 atom stereocenters. The monoisotopic (exact) mass is 694 g/mol. The molecule has 2 amide bonds. The van der Waals surface area contributed by atoms with Crippen molar-refractivity contribution in [2.75, 3.05) is 58.9 Å². The molecule has 0 saturated heterocycles. The molecule has 0 fully saturated rings. The topological polar surface area (TPSA) is 100 Å². The quantitative estimate of drug-likeness (QED) is 0.131. The van der Waals surface area contributed by atoms with Gasteiger partial charge < -0.3 is 24.6 Å². The van der Waals surface area contributed by atoms with Gasteiger partial charge in [0.15, 0.2) is 0 Å². The van der Waals surface area contributed by atoms with Gasteiger partial charge in [0, 0.05) is 51.7 Å². The Bertz CT molecular complexity index is 1560. The number of hydrogen-bond acceptors (Lipinski definition) is 7. The minimum atomic E-state index is -4.94. The van der Waals surface area contributed by atoms with Crippen molar-refractivity contribution in [2.45, 2.75) is 64.7 Å². The summed E-state index contributed by atoms with van der Waals surface area (Å²) in [6.07, 6.45) is -0.486. The number of imidazole rings is 1. The van der Waals surface area contributed by atoms with Gasteiger partial charge in [-0.05, 0) is 43.2 Å². The van der Waals surface area contributed by atoms with Crippen LogP contribution in [0, 0.1) is 0 Å². The van der Waals surface area contributed by atoms with Gasteiger partial charge in [-0.2, -0.15) is 26.3 Å². The van der Waals surface area contributed by atoms with Crippen LogP contribution in [-0.4, -0.2) is 73.4 Å². The molecule has 2 aromatic carbocycles. The highest BCUT2D eigenvalue weighted by Gasteiger charge is 2.45. The van der Waals surface area contributed by atoms with E-state index in [0.29, 0.717) is 35.8 Å². The lowest BCUT2D eigenvalue weighted by Crippen LogP contribution is -2.49. The standard InChI is InChI=1S/C18H21F3N6O.C15H19F3N2O/c1-2-3-4-9-26-10-11-27(16(28)18(19,20)21)15-12-13(5-6-14(15)26)24-25-17-22-7-8-23-17;1-2-3-6-9-19-10-11-20(14(21)15(16,17)18)13-8-5-4-7-12(13)19/h5-8,12H,2-4,9-11H2,1H3,(H,22,23);4-5,7-8H,2-3,6,9-11H2,1H3. The number of alkyl halides is 6. The number of nitrogens with zero attached hydrogens (tertiary/aromatic N) is 7. The summed E-state index contributed by atoms with van der Waals surface area (Å²) < 4.78 is 77.2. The second kappa shape index (κ2) is 16.7. The minimum absolute atomic E-state index is 0.0315. The van der Waals surface area contributed by atoms with Crippen LogP contribution < -0.4 is 19.6 Å². The van der Waals surface area contributed by atoms with E-state index >= 15 is 0 Å². The summed E-state index contributed by atoms with van der Waals surface area (Å²) in [6.45, 7) is 6.55. The maximum absolute atomic E-state index is 13.0. The highest BCUT2D eigenvalue weighted by atomic mass is 19.4. The highest BCUT2D eigenvalue weighted by molar-refractivity contribution is 6.02. The van der Waals surface area contributed by atoms with E-state index in [1.54, 1.807) is 42.6 Å². The first-order valence-electron chi connectivity index (χ1n) is 16.3. The zero-order valence-corrected chi connectivity index (χ0v) is 27.4. The number of carbonyl (C=O) groups is 2. The zero-order chi connectivity index (χ0) is 35.6. The number of carbonyl (C=O) groups excluding carboxylic acids is 2. The number of H-pyrrole nitrogens is 1. The van der Waals surface area contributed by atoms with Gasteiger partial charge in [0.1, 0.15) is 0 Å². The molecule has 0 aliphatic carbocycles. The van der Waals surface area contributed by atoms with Crippen molar-refractivity contribution >= 4 is 46.2 Å². The van der Waals surface area contributed by atoms with Crippen molar-refractivity contribution in [3.8, 4) is 0 Å². The number of unbranched alkanes of at least 4 members (excludes halogenated alkanes) is 4. The van der Waals surface area contributed by atoms with E-state index in [-0.39, 0.29) is 24.7 Å². The number of benzene rings is 2. The molecule has 10 nitrogen and oxygen atoms in total. The largest absolute Gasteiger partial charge is 0.471 e. The van der Waals surface area contributed by atoms with Crippen LogP contribution in [0.15, 0.2) is 65.1 Å². The van der Waals surface area contributed by atoms with E-state index in [9.17, 15) is 35.9 Å². The third kappa shape index (κ3) is 9.72. The first-order valence-corrected chi connectivity index (χ1v) is 16.3. The average Bonchev–Trinajstić information content (AvgIpc) is 3.60. The number of aromatic nitrogens is 2. The Morgan fingerprint density at radius 1 is 0.714 bits per heavy atom. The number of hydrogen-bond donors (Lipinski definition) is 1. The Labute approximate surface area is 280 Å². The lowest BCUT2D eigenvalue weighted by atomic mass is 10.1. The van der Waals surface area contributed by atoms with E-state index in [0.717, 1.165) is 61.4 Å². The van der Waals surface area contributed by atoms with Crippen molar-refractivity contribution in [3.63, 3.8) is 0 Å². The van der Waals surface area contributed by atoms with Crippen LogP contribution in [0.1, 0.15) is 52.4 Å². The summed E-state index contributed by atoms with van der Waals surface area (Å²) in [5, 5.41) is 7.91. The summed E-state index contributed by atoms with van der Waals surface area (Å²) in [4.78, 5) is 35.8. The molecule has 49 heavy (non-hydrogen) atoms. The number of nitrogens with one attached hydrogen (secondary N) is 1. The van der Waals surface area contributed by atoms with Gasteiger partial charge in [-0.3, -0.25) is 9.59 Å². The molecular formula is C33H40F6N8O2. The first kappa shape index (κ1) is 37.2. The average molecular weight is 695 g/mol. The molecule has 0 bridgehead atoms. The fraction of sp³-hybridized carbons (Fsp3) is 0.485. The Balaban J connectivity index is 0.000000230. The number of rotatable bonds is 10. The van der Waals surface area contributed by atoms with Crippen molar-refractivity contribution in [1.82, 2.24) is 9.97 Å². The van der Waals surface area contributed by atoms with Gasteiger partial charge in [0.2, 0.25) is 5.95 Å². The molecule has 266 valence electrons. The van der Waals surface area contributed by atoms with Crippen LogP contribution in [-0.2, 0) is 9.59 Å². The number of aromatic amines is 1. The van der Waals surface area contributed by atoms with Crippen LogP contribution >= 0.6 is 0 Å². The second-order valence-electron chi connectivity index (χ2n) is 11.6. The maximum atomic E-state index is 13.0. The molecule has 2 aliphatic heterocycles. The molecule has 1 aromatic heterocycles. The molecule has 0 spiro atoms. The number of amides is 2. The van der Waals surface area contributed by atoms with Crippen molar-refractivity contribution in [2.24, 2.45) is 10.2 Å². The zero-order valence-electron chi connectivity index (χ0n) is 27.4. The SMILES string of the molecule is CCCCCN1CCN(C(=O)C(F)(F)F)c2cc(N=Nc3ncc[nH]3)ccc21.CCCCCN1CCN(C(=O)C(F)(F)F)c2ccccc21. The number of azo groups is 1. The lowest BCUT2D eigenvalue weighted by Gasteiger charge is -2.38. The van der Waals surface area contributed by atoms with E-state index < -0.39 is 24.2 Å². The van der Waals surface area contributed by atoms with Crippen LogP contribution in [0.3, 0.4) is 0 Å². The van der Waals surface area contributed by atoms with Crippen LogP contribution in [0.4, 0.5) is 60.7 Å². The molecule has 2 aliphatic rings. The van der Waals surface area contributed by atoms with Crippen LogP contribution in [0.2, 0.25) is 0 Å². The summed E-state index contributed by atoms with van der Waals surface area (Å²) >= 11 is 0. The molecule has 16 heteroatoms.